The highest BCUT2D eigenvalue weighted by Gasteiger charge is 2.48. The van der Waals surface area contributed by atoms with Crippen LogP contribution < -0.4 is 0 Å². The Morgan fingerprint density at radius 3 is 2.23 bits per heavy atom. The van der Waals surface area contributed by atoms with Gasteiger partial charge >= 0.3 is 0 Å². The Bertz CT molecular complexity index is 582. The number of phenolic OH excluding ortho intramolecular Hbond substituents is 1. The zero-order chi connectivity index (χ0) is 18.1. The van der Waals surface area contributed by atoms with Crippen LogP contribution in [0.25, 0.3) is 0 Å². The van der Waals surface area contributed by atoms with Gasteiger partial charge in [0.2, 0.25) is 0 Å². The zero-order valence-electron chi connectivity index (χ0n) is 15.7. The topological polar surface area (TPSA) is 63.9 Å². The molecule has 0 unspecified atom stereocenters. The molecule has 2 aliphatic carbocycles. The molecule has 0 aromatic heterocycles. The number of phenols is 1. The smallest absolute Gasteiger partial charge is 0.115 e. The van der Waals surface area contributed by atoms with Crippen LogP contribution in [-0.4, -0.2) is 45.5 Å². The number of aliphatic hydroxyl groups is 2. The number of aromatic hydroxyl groups is 1. The second kappa shape index (κ2) is 7.49. The average molecular weight is 360 g/mol. The lowest BCUT2D eigenvalue weighted by molar-refractivity contribution is 0.00460. The first kappa shape index (κ1) is 18.3. The van der Waals surface area contributed by atoms with Crippen LogP contribution in [0.1, 0.15) is 63.0 Å². The van der Waals surface area contributed by atoms with E-state index < -0.39 is 11.7 Å². The lowest BCUT2D eigenvalue weighted by Crippen LogP contribution is -2.34. The highest BCUT2D eigenvalue weighted by atomic mass is 16.3. The molecule has 1 aromatic rings. The fraction of sp³-hybridized carbons (Fsp3) is 0.727. The van der Waals surface area contributed by atoms with E-state index in [1.807, 2.05) is 0 Å². The quantitative estimate of drug-likeness (QED) is 0.753. The Morgan fingerprint density at radius 2 is 1.62 bits per heavy atom. The Labute approximate surface area is 156 Å². The molecular weight excluding hydrogens is 326 g/mol. The molecule has 4 rings (SSSR count). The number of aliphatic hydroxyl groups excluding tert-OH is 1. The van der Waals surface area contributed by atoms with Crippen molar-refractivity contribution in [2.45, 2.75) is 63.1 Å². The fourth-order valence-corrected chi connectivity index (χ4v) is 5.85. The highest BCUT2D eigenvalue weighted by Crippen LogP contribution is 2.48. The summed E-state index contributed by atoms with van der Waals surface area (Å²) in [4.78, 5) is 2.35. The molecule has 0 bridgehead atoms. The molecule has 1 saturated heterocycles. The average Bonchev–Trinajstić information content (AvgIpc) is 3.10. The van der Waals surface area contributed by atoms with Gasteiger partial charge in [0, 0.05) is 19.6 Å². The maximum Gasteiger partial charge on any atom is 0.115 e. The summed E-state index contributed by atoms with van der Waals surface area (Å²) in [5, 5.41) is 31.0. The molecule has 3 atom stereocenters. The number of likely N-dealkylation sites (tertiary alicyclic amines) is 1. The summed E-state index contributed by atoms with van der Waals surface area (Å²) < 4.78 is 0. The summed E-state index contributed by atoms with van der Waals surface area (Å²) in [5.74, 6) is 2.13. The summed E-state index contributed by atoms with van der Waals surface area (Å²) in [6, 6.07) is 6.84. The zero-order valence-corrected chi connectivity index (χ0v) is 15.7. The number of β-amino-alcohol motifs (C(OH)–C–C–N with tert-alkyl or cyclic N) is 1. The summed E-state index contributed by atoms with van der Waals surface area (Å²) in [6.45, 7) is 2.62. The summed E-state index contributed by atoms with van der Waals surface area (Å²) in [5.41, 5.74) is 0.424. The predicted octanol–water partition coefficient (Wildman–Crippen LogP) is 3.47. The van der Waals surface area contributed by atoms with Gasteiger partial charge in [-0.1, -0.05) is 44.2 Å². The SMILES string of the molecule is Oc1ccc([C@@H](O)CN2C[C@@H]3CC(O)(CC4CCCCC4)C[C@H]3C2)cc1. The molecule has 0 radical (unpaired) electrons. The monoisotopic (exact) mass is 359 g/mol. The molecule has 2 saturated carbocycles. The first-order valence-electron chi connectivity index (χ1n) is 10.4. The Balaban J connectivity index is 1.28. The molecule has 3 aliphatic rings. The molecule has 0 amide bonds. The van der Waals surface area contributed by atoms with Crippen LogP contribution >= 0.6 is 0 Å². The second-order valence-corrected chi connectivity index (χ2v) is 9.19. The minimum absolute atomic E-state index is 0.230. The molecule has 4 heteroatoms. The molecular formula is C22H33NO3. The molecule has 1 aliphatic heterocycles. The molecule has 0 spiro atoms. The third kappa shape index (κ3) is 4.08. The van der Waals surface area contributed by atoms with Crippen LogP contribution in [0.5, 0.6) is 5.75 Å². The van der Waals surface area contributed by atoms with E-state index in [1.54, 1.807) is 24.3 Å². The minimum atomic E-state index is -0.518. The molecule has 4 nitrogen and oxygen atoms in total. The van der Waals surface area contributed by atoms with Crippen molar-refractivity contribution in [3.8, 4) is 5.75 Å². The maximum atomic E-state index is 11.1. The Morgan fingerprint density at radius 1 is 1.00 bits per heavy atom. The van der Waals surface area contributed by atoms with E-state index in [0.29, 0.717) is 18.4 Å². The standard InChI is InChI=1S/C22H33NO3/c24-20-8-6-17(7-9-20)21(25)15-23-13-18-11-22(26,12-19(18)14-23)10-16-4-2-1-3-5-16/h6-9,16,18-19,21,24-26H,1-5,10-15H2/t18-,19-,21-/m0/s1. The number of rotatable bonds is 5. The predicted molar refractivity (Wildman–Crippen MR) is 102 cm³/mol. The van der Waals surface area contributed by atoms with Gasteiger partial charge in [-0.15, -0.1) is 0 Å². The van der Waals surface area contributed by atoms with Gasteiger partial charge in [-0.2, -0.15) is 0 Å². The summed E-state index contributed by atoms with van der Waals surface area (Å²) >= 11 is 0. The van der Waals surface area contributed by atoms with Crippen molar-refractivity contribution in [2.24, 2.45) is 17.8 Å². The first-order valence-corrected chi connectivity index (χ1v) is 10.4. The maximum absolute atomic E-state index is 11.1. The lowest BCUT2D eigenvalue weighted by atomic mass is 9.79. The summed E-state index contributed by atoms with van der Waals surface area (Å²) in [6.07, 6.45) is 9.06. The van der Waals surface area contributed by atoms with E-state index in [-0.39, 0.29) is 5.75 Å². The molecule has 26 heavy (non-hydrogen) atoms. The van der Waals surface area contributed by atoms with E-state index in [9.17, 15) is 15.3 Å². The fourth-order valence-electron chi connectivity index (χ4n) is 5.85. The van der Waals surface area contributed by atoms with Gasteiger partial charge in [0.25, 0.3) is 0 Å². The van der Waals surface area contributed by atoms with Crippen molar-refractivity contribution in [1.29, 1.82) is 0 Å². The molecule has 3 N–H and O–H groups in total. The number of hydrogen-bond acceptors (Lipinski definition) is 4. The number of benzene rings is 1. The Hall–Kier alpha value is -1.10. The number of nitrogens with zero attached hydrogens (tertiary/aromatic N) is 1. The number of fused-ring (bicyclic) bond motifs is 1. The van der Waals surface area contributed by atoms with Crippen LogP contribution in [0.3, 0.4) is 0 Å². The van der Waals surface area contributed by atoms with E-state index in [2.05, 4.69) is 4.90 Å². The van der Waals surface area contributed by atoms with Crippen molar-refractivity contribution in [3.63, 3.8) is 0 Å². The summed E-state index contributed by atoms with van der Waals surface area (Å²) in [7, 11) is 0. The minimum Gasteiger partial charge on any atom is -0.508 e. The third-order valence-corrected chi connectivity index (χ3v) is 7.04. The van der Waals surface area contributed by atoms with Crippen LogP contribution in [0.4, 0.5) is 0 Å². The molecule has 1 aromatic carbocycles. The molecule has 1 heterocycles. The van der Waals surface area contributed by atoms with Crippen LogP contribution in [0.15, 0.2) is 24.3 Å². The van der Waals surface area contributed by atoms with E-state index in [0.717, 1.165) is 43.8 Å². The van der Waals surface area contributed by atoms with E-state index >= 15 is 0 Å². The lowest BCUT2D eigenvalue weighted by Gasteiger charge is -2.32. The van der Waals surface area contributed by atoms with Crippen molar-refractivity contribution in [2.75, 3.05) is 19.6 Å². The van der Waals surface area contributed by atoms with Crippen LogP contribution in [0, 0.1) is 17.8 Å². The highest BCUT2D eigenvalue weighted by molar-refractivity contribution is 5.27. The van der Waals surface area contributed by atoms with Crippen molar-refractivity contribution in [1.82, 2.24) is 4.90 Å². The van der Waals surface area contributed by atoms with Gasteiger partial charge in [0.15, 0.2) is 0 Å². The Kier molecular flexibility index (Phi) is 5.27. The van der Waals surface area contributed by atoms with Crippen molar-refractivity contribution < 1.29 is 15.3 Å². The van der Waals surface area contributed by atoms with Gasteiger partial charge in [0.05, 0.1) is 11.7 Å². The normalized spacial score (nSPS) is 30.4. The van der Waals surface area contributed by atoms with Gasteiger partial charge in [-0.05, 0) is 54.7 Å². The largest absolute Gasteiger partial charge is 0.508 e. The van der Waals surface area contributed by atoms with Crippen LogP contribution in [-0.2, 0) is 0 Å². The van der Waals surface area contributed by atoms with E-state index in [1.165, 1.54) is 32.1 Å². The third-order valence-electron chi connectivity index (χ3n) is 7.04. The molecule has 3 fully saturated rings. The van der Waals surface area contributed by atoms with Crippen molar-refractivity contribution >= 4 is 0 Å². The van der Waals surface area contributed by atoms with Crippen molar-refractivity contribution in [3.05, 3.63) is 29.8 Å². The van der Waals surface area contributed by atoms with E-state index in [4.69, 9.17) is 0 Å². The van der Waals surface area contributed by atoms with Gasteiger partial charge in [-0.3, -0.25) is 4.90 Å². The van der Waals surface area contributed by atoms with Gasteiger partial charge < -0.3 is 15.3 Å². The van der Waals surface area contributed by atoms with Gasteiger partial charge in [0.1, 0.15) is 5.75 Å². The first-order chi connectivity index (χ1) is 12.5. The van der Waals surface area contributed by atoms with Gasteiger partial charge in [-0.25, -0.2) is 0 Å². The number of hydrogen-bond donors (Lipinski definition) is 3. The second-order valence-electron chi connectivity index (χ2n) is 9.19. The van der Waals surface area contributed by atoms with Crippen LogP contribution in [0.2, 0.25) is 0 Å². The molecule has 144 valence electrons.